The molecule has 1 aromatic rings. The highest BCUT2D eigenvalue weighted by Gasteiger charge is 2.20. The van der Waals surface area contributed by atoms with E-state index in [1.807, 2.05) is 11.3 Å². The summed E-state index contributed by atoms with van der Waals surface area (Å²) in [6.07, 6.45) is 6.71. The predicted octanol–water partition coefficient (Wildman–Crippen LogP) is 5.80. The molecule has 1 rings (SSSR count). The summed E-state index contributed by atoms with van der Waals surface area (Å²) >= 11 is 1.93. The Labute approximate surface area is 111 Å². The van der Waals surface area contributed by atoms with E-state index in [9.17, 15) is 0 Å². The maximum absolute atomic E-state index is 2.35. The zero-order chi connectivity index (χ0) is 12.9. The summed E-state index contributed by atoms with van der Waals surface area (Å²) in [6, 6.07) is 2.35. The largest absolute Gasteiger partial charge is 0.148 e. The van der Waals surface area contributed by atoms with Crippen molar-refractivity contribution in [1.82, 2.24) is 0 Å². The first-order valence-corrected chi connectivity index (χ1v) is 7.93. The van der Waals surface area contributed by atoms with Crippen molar-refractivity contribution in [2.24, 2.45) is 5.92 Å². The molecule has 0 nitrogen and oxygen atoms in total. The molecule has 1 unspecified atom stereocenters. The Morgan fingerprint density at radius 2 is 1.94 bits per heavy atom. The van der Waals surface area contributed by atoms with Gasteiger partial charge in [0, 0.05) is 4.88 Å². The van der Waals surface area contributed by atoms with Crippen LogP contribution in [-0.2, 0) is 11.8 Å². The summed E-state index contributed by atoms with van der Waals surface area (Å²) in [5, 5.41) is 2.27. The molecule has 0 aliphatic rings. The third kappa shape index (κ3) is 4.46. The summed E-state index contributed by atoms with van der Waals surface area (Å²) in [5.41, 5.74) is 1.91. The van der Waals surface area contributed by atoms with Crippen LogP contribution in [-0.4, -0.2) is 0 Å². The highest BCUT2D eigenvalue weighted by Crippen LogP contribution is 2.33. The van der Waals surface area contributed by atoms with Crippen LogP contribution in [0.2, 0.25) is 0 Å². The average Bonchev–Trinajstić information content (AvgIpc) is 2.71. The van der Waals surface area contributed by atoms with Crippen LogP contribution in [0.25, 0.3) is 0 Å². The number of hydrogen-bond acceptors (Lipinski definition) is 1. The van der Waals surface area contributed by atoms with Crippen LogP contribution in [0, 0.1) is 5.92 Å². The average molecular weight is 252 g/mol. The van der Waals surface area contributed by atoms with Crippen molar-refractivity contribution in [3.63, 3.8) is 0 Å². The fourth-order valence-electron chi connectivity index (χ4n) is 2.41. The van der Waals surface area contributed by atoms with E-state index in [1.165, 1.54) is 32.1 Å². The smallest absolute Gasteiger partial charge is 0.0131 e. The molecule has 1 atom stereocenters. The molecule has 0 amide bonds. The van der Waals surface area contributed by atoms with E-state index in [4.69, 9.17) is 0 Å². The van der Waals surface area contributed by atoms with Gasteiger partial charge < -0.3 is 0 Å². The molecule has 0 bridgehead atoms. The van der Waals surface area contributed by atoms with Crippen molar-refractivity contribution in [3.05, 3.63) is 21.9 Å². The van der Waals surface area contributed by atoms with Crippen LogP contribution in [0.1, 0.15) is 70.7 Å². The van der Waals surface area contributed by atoms with Crippen molar-refractivity contribution in [2.45, 2.75) is 72.1 Å². The molecular weight excluding hydrogens is 224 g/mol. The highest BCUT2D eigenvalue weighted by atomic mass is 32.1. The van der Waals surface area contributed by atoms with Crippen molar-refractivity contribution >= 4 is 11.3 Å². The SMILES string of the molecule is CCCCC(CC)Cc1ccsc1C(C)(C)C. The maximum atomic E-state index is 2.35. The lowest BCUT2D eigenvalue weighted by atomic mass is 9.86. The van der Waals surface area contributed by atoms with Gasteiger partial charge in [-0.1, -0.05) is 60.3 Å². The van der Waals surface area contributed by atoms with Gasteiger partial charge in [-0.25, -0.2) is 0 Å². The maximum Gasteiger partial charge on any atom is 0.0131 e. The third-order valence-electron chi connectivity index (χ3n) is 3.48. The van der Waals surface area contributed by atoms with Gasteiger partial charge in [-0.15, -0.1) is 11.3 Å². The second-order valence-corrected chi connectivity index (χ2v) is 7.06. The van der Waals surface area contributed by atoms with Crippen molar-refractivity contribution < 1.29 is 0 Å². The molecule has 17 heavy (non-hydrogen) atoms. The molecule has 0 fully saturated rings. The van der Waals surface area contributed by atoms with E-state index >= 15 is 0 Å². The molecule has 0 spiro atoms. The highest BCUT2D eigenvalue weighted by molar-refractivity contribution is 7.10. The Kier molecular flexibility index (Phi) is 5.72. The summed E-state index contributed by atoms with van der Waals surface area (Å²) in [5.74, 6) is 0.880. The van der Waals surface area contributed by atoms with Crippen molar-refractivity contribution in [1.29, 1.82) is 0 Å². The van der Waals surface area contributed by atoms with Crippen LogP contribution < -0.4 is 0 Å². The fourth-order valence-corrected chi connectivity index (χ4v) is 3.43. The standard InChI is InChI=1S/C16H28S/c1-6-8-9-13(7-2)12-14-10-11-17-15(14)16(3,4)5/h10-11,13H,6-9,12H2,1-5H3. The number of hydrogen-bond donors (Lipinski definition) is 0. The minimum absolute atomic E-state index is 0.312. The van der Waals surface area contributed by atoms with Gasteiger partial charge in [0.15, 0.2) is 0 Å². The molecule has 0 saturated heterocycles. The summed E-state index contributed by atoms with van der Waals surface area (Å²) in [4.78, 5) is 1.59. The van der Waals surface area contributed by atoms with Gasteiger partial charge in [-0.3, -0.25) is 0 Å². The molecule has 0 aliphatic carbocycles. The molecule has 1 heterocycles. The molecule has 0 N–H and O–H groups in total. The lowest BCUT2D eigenvalue weighted by molar-refractivity contribution is 0.445. The molecule has 1 heteroatoms. The number of rotatable bonds is 6. The Bertz CT molecular complexity index is 317. The summed E-state index contributed by atoms with van der Waals surface area (Å²) in [6.45, 7) is 11.6. The van der Waals surface area contributed by atoms with Gasteiger partial charge in [0.25, 0.3) is 0 Å². The Hall–Kier alpha value is -0.300. The minimum atomic E-state index is 0.312. The normalized spacial score (nSPS) is 13.9. The quantitative estimate of drug-likeness (QED) is 0.600. The van der Waals surface area contributed by atoms with Gasteiger partial charge in [0.1, 0.15) is 0 Å². The predicted molar refractivity (Wildman–Crippen MR) is 80.0 cm³/mol. The molecule has 1 aromatic heterocycles. The lowest BCUT2D eigenvalue weighted by Gasteiger charge is -2.21. The van der Waals surface area contributed by atoms with Crippen LogP contribution in [0.4, 0.5) is 0 Å². The first-order chi connectivity index (χ1) is 7.99. The molecule has 0 saturated carbocycles. The van der Waals surface area contributed by atoms with Gasteiger partial charge >= 0.3 is 0 Å². The molecule has 0 aromatic carbocycles. The van der Waals surface area contributed by atoms with E-state index in [1.54, 1.807) is 10.4 Å². The van der Waals surface area contributed by atoms with Crippen molar-refractivity contribution in [2.75, 3.05) is 0 Å². The van der Waals surface area contributed by atoms with Crippen molar-refractivity contribution in [3.8, 4) is 0 Å². The van der Waals surface area contributed by atoms with Crippen LogP contribution in [0.5, 0.6) is 0 Å². The molecule has 0 aliphatic heterocycles. The van der Waals surface area contributed by atoms with Crippen LogP contribution >= 0.6 is 11.3 Å². The zero-order valence-electron chi connectivity index (χ0n) is 12.2. The summed E-state index contributed by atoms with van der Waals surface area (Å²) < 4.78 is 0. The third-order valence-corrected chi connectivity index (χ3v) is 4.86. The second kappa shape index (κ2) is 6.58. The Balaban J connectivity index is 2.70. The monoisotopic (exact) mass is 252 g/mol. The molecule has 0 radical (unpaired) electrons. The van der Waals surface area contributed by atoms with Crippen LogP contribution in [0.3, 0.4) is 0 Å². The first kappa shape index (κ1) is 14.8. The number of thiophene rings is 1. The van der Waals surface area contributed by atoms with Gasteiger partial charge in [-0.2, -0.15) is 0 Å². The topological polar surface area (TPSA) is 0 Å². The zero-order valence-corrected chi connectivity index (χ0v) is 13.0. The van der Waals surface area contributed by atoms with E-state index in [0.29, 0.717) is 5.41 Å². The fraction of sp³-hybridized carbons (Fsp3) is 0.750. The lowest BCUT2D eigenvalue weighted by Crippen LogP contribution is -2.13. The van der Waals surface area contributed by atoms with E-state index in [0.717, 1.165) is 5.92 Å². The minimum Gasteiger partial charge on any atom is -0.148 e. The van der Waals surface area contributed by atoms with E-state index < -0.39 is 0 Å². The molecular formula is C16H28S. The first-order valence-electron chi connectivity index (χ1n) is 7.05. The van der Waals surface area contributed by atoms with E-state index in [-0.39, 0.29) is 0 Å². The Morgan fingerprint density at radius 3 is 2.47 bits per heavy atom. The van der Waals surface area contributed by atoms with Gasteiger partial charge in [0.05, 0.1) is 0 Å². The second-order valence-electron chi connectivity index (χ2n) is 6.15. The summed E-state index contributed by atoms with van der Waals surface area (Å²) in [7, 11) is 0. The van der Waals surface area contributed by atoms with Gasteiger partial charge in [-0.05, 0) is 34.8 Å². The van der Waals surface area contributed by atoms with Gasteiger partial charge in [0.2, 0.25) is 0 Å². The molecule has 98 valence electrons. The Morgan fingerprint density at radius 1 is 1.24 bits per heavy atom. The van der Waals surface area contributed by atoms with E-state index in [2.05, 4.69) is 46.1 Å². The van der Waals surface area contributed by atoms with Crippen LogP contribution in [0.15, 0.2) is 11.4 Å². The number of unbranched alkanes of at least 4 members (excludes halogenated alkanes) is 1.